The Morgan fingerprint density at radius 2 is 1.90 bits per heavy atom. The van der Waals surface area contributed by atoms with Gasteiger partial charge in [0.2, 0.25) is 5.91 Å². The van der Waals surface area contributed by atoms with Gasteiger partial charge in [-0.15, -0.1) is 0 Å². The Hall–Kier alpha value is -1.39. The predicted octanol–water partition coefficient (Wildman–Crippen LogP) is 1.68. The number of nitrogens with two attached hydrogens (primary N) is 1. The van der Waals surface area contributed by atoms with E-state index in [1.807, 2.05) is 6.07 Å². The van der Waals surface area contributed by atoms with Crippen molar-refractivity contribution in [3.05, 3.63) is 35.9 Å². The summed E-state index contributed by atoms with van der Waals surface area (Å²) >= 11 is 0. The van der Waals surface area contributed by atoms with Gasteiger partial charge in [-0.2, -0.15) is 0 Å². The zero-order valence-corrected chi connectivity index (χ0v) is 12.6. The highest BCUT2D eigenvalue weighted by molar-refractivity contribution is 5.85. The van der Waals surface area contributed by atoms with E-state index in [4.69, 9.17) is 5.73 Å². The Bertz CT molecular complexity index is 478. The largest absolute Gasteiger partial charge is 0.354 e. The maximum atomic E-state index is 12.3. The number of carbonyl (C=O) groups excluding carboxylic acids is 1. The molecule has 2 aliphatic rings. The molecule has 1 unspecified atom stereocenters. The van der Waals surface area contributed by atoms with E-state index in [-0.39, 0.29) is 17.4 Å². The number of hydrogen-bond donors (Lipinski definition) is 2. The molecule has 4 heteroatoms. The molecule has 1 saturated carbocycles. The van der Waals surface area contributed by atoms with Gasteiger partial charge in [-0.3, -0.25) is 9.69 Å². The number of benzene rings is 1. The molecule has 0 spiro atoms. The molecule has 1 atom stereocenters. The van der Waals surface area contributed by atoms with Crippen molar-refractivity contribution in [1.82, 2.24) is 10.2 Å². The summed E-state index contributed by atoms with van der Waals surface area (Å²) in [5, 5.41) is 3.15. The van der Waals surface area contributed by atoms with Crippen molar-refractivity contribution in [2.45, 2.75) is 31.7 Å². The maximum absolute atomic E-state index is 12.3. The summed E-state index contributed by atoms with van der Waals surface area (Å²) in [5.41, 5.74) is 6.77. The molecule has 4 nitrogen and oxygen atoms in total. The van der Waals surface area contributed by atoms with E-state index in [1.165, 1.54) is 18.4 Å². The van der Waals surface area contributed by atoms with Gasteiger partial charge in [0.25, 0.3) is 0 Å². The third-order valence-electron chi connectivity index (χ3n) is 4.95. The average Bonchev–Trinajstić information content (AvgIpc) is 3.16. The van der Waals surface area contributed by atoms with Crippen molar-refractivity contribution in [3.63, 3.8) is 0 Å². The fourth-order valence-electron chi connectivity index (χ4n) is 3.24. The van der Waals surface area contributed by atoms with Gasteiger partial charge in [0.15, 0.2) is 0 Å². The van der Waals surface area contributed by atoms with Crippen LogP contribution in [0, 0.1) is 5.41 Å². The van der Waals surface area contributed by atoms with E-state index in [9.17, 15) is 4.79 Å². The minimum absolute atomic E-state index is 0.144. The van der Waals surface area contributed by atoms with E-state index in [0.29, 0.717) is 13.1 Å². The second-order valence-corrected chi connectivity index (χ2v) is 6.36. The van der Waals surface area contributed by atoms with Gasteiger partial charge in [-0.25, -0.2) is 0 Å². The highest BCUT2D eigenvalue weighted by Gasteiger charge is 2.48. The summed E-state index contributed by atoms with van der Waals surface area (Å²) in [6.07, 6.45) is 4.39. The van der Waals surface area contributed by atoms with Gasteiger partial charge in [-0.05, 0) is 44.3 Å². The number of carbonyl (C=O) groups is 1. The molecule has 21 heavy (non-hydrogen) atoms. The topological polar surface area (TPSA) is 58.4 Å². The Kier molecular flexibility index (Phi) is 4.27. The lowest BCUT2D eigenvalue weighted by atomic mass is 10.0. The Morgan fingerprint density at radius 3 is 2.48 bits per heavy atom. The molecule has 1 saturated heterocycles. The van der Waals surface area contributed by atoms with E-state index in [0.717, 1.165) is 25.9 Å². The van der Waals surface area contributed by atoms with Gasteiger partial charge >= 0.3 is 0 Å². The number of nitrogens with zero attached hydrogens (tertiary/aromatic N) is 1. The van der Waals surface area contributed by atoms with Crippen LogP contribution in [-0.2, 0) is 4.79 Å². The average molecular weight is 287 g/mol. The molecule has 1 aliphatic heterocycles. The number of likely N-dealkylation sites (tertiary alicyclic amines) is 1. The van der Waals surface area contributed by atoms with Crippen LogP contribution in [0.3, 0.4) is 0 Å². The van der Waals surface area contributed by atoms with Crippen LogP contribution in [0.25, 0.3) is 0 Å². The van der Waals surface area contributed by atoms with Crippen LogP contribution in [0.15, 0.2) is 30.3 Å². The molecule has 1 amide bonds. The van der Waals surface area contributed by atoms with Crippen LogP contribution in [-0.4, -0.2) is 37.0 Å². The highest BCUT2D eigenvalue weighted by atomic mass is 16.2. The zero-order valence-electron chi connectivity index (χ0n) is 12.6. The minimum Gasteiger partial charge on any atom is -0.354 e. The smallest absolute Gasteiger partial charge is 0.227 e. The lowest BCUT2D eigenvalue weighted by molar-refractivity contribution is -0.126. The molecule has 1 aromatic rings. The minimum atomic E-state index is -0.258. The quantitative estimate of drug-likeness (QED) is 0.837. The fraction of sp³-hybridized carbons (Fsp3) is 0.588. The molecule has 1 heterocycles. The fourth-order valence-corrected chi connectivity index (χ4v) is 3.24. The molecule has 2 fully saturated rings. The van der Waals surface area contributed by atoms with Gasteiger partial charge in [0, 0.05) is 13.1 Å². The maximum Gasteiger partial charge on any atom is 0.227 e. The third-order valence-corrected chi connectivity index (χ3v) is 4.95. The van der Waals surface area contributed by atoms with E-state index in [1.54, 1.807) is 0 Å². The Morgan fingerprint density at radius 1 is 1.24 bits per heavy atom. The zero-order chi connectivity index (χ0) is 14.7. The van der Waals surface area contributed by atoms with Crippen molar-refractivity contribution in [3.8, 4) is 0 Å². The van der Waals surface area contributed by atoms with Crippen LogP contribution in [0.1, 0.15) is 37.3 Å². The highest BCUT2D eigenvalue weighted by Crippen LogP contribution is 2.44. The normalized spacial score (nSPS) is 22.0. The molecule has 0 bridgehead atoms. The van der Waals surface area contributed by atoms with Crippen LogP contribution >= 0.6 is 0 Å². The predicted molar refractivity (Wildman–Crippen MR) is 83.7 cm³/mol. The second-order valence-electron chi connectivity index (χ2n) is 6.36. The molecule has 1 aromatic carbocycles. The summed E-state index contributed by atoms with van der Waals surface area (Å²) in [6.45, 7) is 3.40. The van der Waals surface area contributed by atoms with Gasteiger partial charge in [0.05, 0.1) is 11.5 Å². The molecule has 3 N–H and O–H groups in total. The van der Waals surface area contributed by atoms with Gasteiger partial charge < -0.3 is 11.1 Å². The Balaban J connectivity index is 1.66. The molecule has 3 rings (SSSR count). The first-order valence-electron chi connectivity index (χ1n) is 8.02. The van der Waals surface area contributed by atoms with Crippen LogP contribution in [0.4, 0.5) is 0 Å². The molecule has 0 aromatic heterocycles. The first kappa shape index (κ1) is 14.5. The summed E-state index contributed by atoms with van der Waals surface area (Å²) in [7, 11) is 0. The third kappa shape index (κ3) is 3.11. The monoisotopic (exact) mass is 287 g/mol. The van der Waals surface area contributed by atoms with Crippen molar-refractivity contribution in [2.75, 3.05) is 26.2 Å². The van der Waals surface area contributed by atoms with Crippen LogP contribution < -0.4 is 11.1 Å². The summed E-state index contributed by atoms with van der Waals surface area (Å²) in [6, 6.07) is 10.8. The summed E-state index contributed by atoms with van der Waals surface area (Å²) in [4.78, 5) is 14.8. The summed E-state index contributed by atoms with van der Waals surface area (Å²) < 4.78 is 0. The van der Waals surface area contributed by atoms with Crippen molar-refractivity contribution in [1.29, 1.82) is 0 Å². The molecule has 1 aliphatic carbocycles. The number of nitrogens with one attached hydrogen (secondary N) is 1. The molecule has 114 valence electrons. The first-order chi connectivity index (χ1) is 10.2. The van der Waals surface area contributed by atoms with Crippen molar-refractivity contribution < 1.29 is 4.79 Å². The SMILES string of the molecule is NCC1(C(=O)NCC(c2ccccc2)N2CCCC2)CC1. The first-order valence-corrected chi connectivity index (χ1v) is 8.02. The van der Waals surface area contributed by atoms with Crippen LogP contribution in [0.2, 0.25) is 0 Å². The van der Waals surface area contributed by atoms with Crippen molar-refractivity contribution in [2.24, 2.45) is 11.1 Å². The molecular formula is C17H25N3O. The van der Waals surface area contributed by atoms with Gasteiger partial charge in [-0.1, -0.05) is 30.3 Å². The number of rotatable bonds is 6. The second kappa shape index (κ2) is 6.16. The lowest BCUT2D eigenvalue weighted by Gasteiger charge is -2.29. The Labute approximate surface area is 126 Å². The van der Waals surface area contributed by atoms with Gasteiger partial charge in [0.1, 0.15) is 0 Å². The van der Waals surface area contributed by atoms with E-state index >= 15 is 0 Å². The van der Waals surface area contributed by atoms with E-state index < -0.39 is 0 Å². The van der Waals surface area contributed by atoms with E-state index in [2.05, 4.69) is 34.5 Å². The molecular weight excluding hydrogens is 262 g/mol. The number of amides is 1. The standard InChI is InChI=1S/C17H25N3O/c18-13-17(8-9-17)16(21)19-12-15(20-10-4-5-11-20)14-6-2-1-3-7-14/h1-3,6-7,15H,4-5,8-13,18H2,(H,19,21). The molecule has 0 radical (unpaired) electrons. The van der Waals surface area contributed by atoms with Crippen LogP contribution in [0.5, 0.6) is 0 Å². The lowest BCUT2D eigenvalue weighted by Crippen LogP contribution is -2.41. The summed E-state index contributed by atoms with van der Waals surface area (Å²) in [5.74, 6) is 0.144. The van der Waals surface area contributed by atoms with Crippen molar-refractivity contribution >= 4 is 5.91 Å². The number of hydrogen-bond acceptors (Lipinski definition) is 3.